The Labute approximate surface area is 253 Å². The number of nitrogens with one attached hydrogen (secondary N) is 1. The van der Waals surface area contributed by atoms with Crippen LogP contribution in [0.2, 0.25) is 18.1 Å². The number of nitrogens with two attached hydrogens (primary N) is 1. The fourth-order valence-corrected chi connectivity index (χ4v) is 8.05. The van der Waals surface area contributed by atoms with Gasteiger partial charge < -0.3 is 20.0 Å². The number of thiol groups is 1. The maximum Gasteiger partial charge on any atom is 0.522 e. The molecule has 1 saturated heterocycles. The Morgan fingerprint density at radius 2 is 2.15 bits per heavy atom. The van der Waals surface area contributed by atoms with Crippen LogP contribution in [0.4, 0.5) is 5.95 Å². The van der Waals surface area contributed by atoms with E-state index >= 15 is 0 Å². The number of allylic oxidation sites excluding steroid dienone is 1. The summed E-state index contributed by atoms with van der Waals surface area (Å²) in [5, 5.41) is 11.4. The summed E-state index contributed by atoms with van der Waals surface area (Å²) in [7, 11) is -4.05. The molecule has 1 aliphatic heterocycles. The SMILES string of the molecule is C=C(C)[C@@H]1CC[C@](C)(S)[C@@H](O[P+](=S)OC[C@H]2O[C@@H](n3cnc4c(=O)[nH]c(N)nc43)[C@H](O)C2O[Si](C)(C)C(C)(C)C)C1. The van der Waals surface area contributed by atoms with Crippen LogP contribution in [-0.2, 0) is 30.0 Å². The van der Waals surface area contributed by atoms with Crippen LogP contribution in [0.5, 0.6) is 0 Å². The highest BCUT2D eigenvalue weighted by Crippen LogP contribution is 2.46. The minimum Gasteiger partial charge on any atom is -0.408 e. The van der Waals surface area contributed by atoms with E-state index in [1.807, 2.05) is 6.92 Å². The molecule has 0 spiro atoms. The molecule has 2 unspecified atom stereocenters. The van der Waals surface area contributed by atoms with Crippen LogP contribution < -0.4 is 11.3 Å². The second-order valence-corrected chi connectivity index (χ2v) is 20.6. The average molecular weight is 645 g/mol. The number of ether oxygens (including phenoxy) is 1. The van der Waals surface area contributed by atoms with E-state index in [0.29, 0.717) is 5.92 Å². The number of hydrogen-bond donors (Lipinski definition) is 4. The van der Waals surface area contributed by atoms with Gasteiger partial charge >= 0.3 is 7.15 Å². The quantitative estimate of drug-likeness (QED) is 0.132. The lowest BCUT2D eigenvalue weighted by Crippen LogP contribution is -2.49. The molecule has 4 rings (SSSR count). The molecule has 1 aliphatic carbocycles. The van der Waals surface area contributed by atoms with Crippen molar-refractivity contribution in [2.24, 2.45) is 5.92 Å². The van der Waals surface area contributed by atoms with Gasteiger partial charge in [0, 0.05) is 4.75 Å². The van der Waals surface area contributed by atoms with Gasteiger partial charge in [-0.25, -0.2) is 4.98 Å². The van der Waals surface area contributed by atoms with E-state index in [-0.39, 0.29) is 39.6 Å². The van der Waals surface area contributed by atoms with Gasteiger partial charge in [0.25, 0.3) is 5.56 Å². The molecule has 0 radical (unpaired) electrons. The van der Waals surface area contributed by atoms with E-state index < -0.39 is 45.6 Å². The number of aliphatic hydroxyl groups is 1. The molecule has 0 amide bonds. The van der Waals surface area contributed by atoms with E-state index in [4.69, 9.17) is 48.4 Å². The molecule has 2 fully saturated rings. The maximum atomic E-state index is 12.4. The summed E-state index contributed by atoms with van der Waals surface area (Å²) in [6.07, 6.45) is 0.470. The van der Waals surface area contributed by atoms with Crippen LogP contribution in [0.25, 0.3) is 11.2 Å². The van der Waals surface area contributed by atoms with Crippen molar-refractivity contribution < 1.29 is 23.3 Å². The zero-order valence-corrected chi connectivity index (χ0v) is 28.4. The number of hydrogen-bond acceptors (Lipinski definition) is 11. The maximum absolute atomic E-state index is 12.4. The monoisotopic (exact) mass is 644 g/mol. The van der Waals surface area contributed by atoms with Crippen molar-refractivity contribution in [2.75, 3.05) is 12.3 Å². The molecule has 4 N–H and O–H groups in total. The van der Waals surface area contributed by atoms with Gasteiger partial charge in [0.1, 0.15) is 31.0 Å². The Balaban J connectivity index is 1.55. The van der Waals surface area contributed by atoms with E-state index in [2.05, 4.69) is 62.3 Å². The van der Waals surface area contributed by atoms with Crippen molar-refractivity contribution in [1.29, 1.82) is 0 Å². The van der Waals surface area contributed by atoms with Crippen LogP contribution in [0.15, 0.2) is 23.3 Å². The van der Waals surface area contributed by atoms with Gasteiger partial charge in [0.15, 0.2) is 25.7 Å². The highest BCUT2D eigenvalue weighted by Gasteiger charge is 2.52. The number of H-pyrrole nitrogens is 1. The van der Waals surface area contributed by atoms with E-state index in [1.54, 1.807) is 0 Å². The first-order valence-electron chi connectivity index (χ1n) is 13.8. The normalized spacial score (nSPS) is 31.5. The summed E-state index contributed by atoms with van der Waals surface area (Å²) in [4.78, 5) is 23.2. The van der Waals surface area contributed by atoms with Crippen LogP contribution in [0.1, 0.15) is 60.1 Å². The van der Waals surface area contributed by atoms with Gasteiger partial charge in [0.05, 0.1) is 6.33 Å². The summed E-state index contributed by atoms with van der Waals surface area (Å²) in [5.74, 6) is 0.294. The second kappa shape index (κ2) is 12.0. The van der Waals surface area contributed by atoms with Gasteiger partial charge in [-0.05, 0) is 57.2 Å². The number of imidazole rings is 1. The van der Waals surface area contributed by atoms with Gasteiger partial charge in [-0.3, -0.25) is 14.3 Å². The summed E-state index contributed by atoms with van der Waals surface area (Å²) in [6.45, 7) is 18.9. The lowest BCUT2D eigenvalue weighted by molar-refractivity contribution is -0.0476. The lowest BCUT2D eigenvalue weighted by Gasteiger charge is -2.39. The van der Waals surface area contributed by atoms with Crippen LogP contribution in [-0.4, -0.2) is 68.7 Å². The number of aromatic nitrogens is 4. The summed E-state index contributed by atoms with van der Waals surface area (Å²) in [6, 6.07) is 0. The predicted molar refractivity (Wildman–Crippen MR) is 169 cm³/mol. The molecule has 2 aromatic rings. The van der Waals surface area contributed by atoms with Crippen molar-refractivity contribution >= 4 is 57.0 Å². The molecular weight excluding hydrogens is 602 g/mol. The third kappa shape index (κ3) is 6.96. The smallest absolute Gasteiger partial charge is 0.408 e. The Bertz CT molecular complexity index is 1360. The van der Waals surface area contributed by atoms with Gasteiger partial charge in [-0.2, -0.15) is 17.6 Å². The first-order chi connectivity index (χ1) is 18.9. The number of anilines is 1. The molecular formula is C26H43N5O6PS2Si+. The molecule has 2 aromatic heterocycles. The second-order valence-electron chi connectivity index (χ2n) is 13.0. The Morgan fingerprint density at radius 3 is 2.78 bits per heavy atom. The van der Waals surface area contributed by atoms with Crippen LogP contribution in [0, 0.1) is 5.92 Å². The minimum absolute atomic E-state index is 0.0464. The Kier molecular flexibility index (Phi) is 9.60. The van der Waals surface area contributed by atoms with E-state index in [1.165, 1.54) is 10.9 Å². The van der Waals surface area contributed by atoms with Gasteiger partial charge in [-0.1, -0.05) is 32.9 Å². The number of nitrogen functional groups attached to an aromatic ring is 1. The number of aromatic amines is 1. The molecule has 228 valence electrons. The summed E-state index contributed by atoms with van der Waals surface area (Å²) < 4.78 is 26.5. The molecule has 0 aromatic carbocycles. The van der Waals surface area contributed by atoms with Gasteiger partial charge in [0.2, 0.25) is 17.8 Å². The first kappa shape index (κ1) is 32.7. The fourth-order valence-electron chi connectivity index (χ4n) is 5.01. The molecule has 1 saturated carbocycles. The number of fused-ring (bicyclic) bond motifs is 1. The molecule has 2 aliphatic rings. The zero-order chi connectivity index (χ0) is 30.5. The van der Waals surface area contributed by atoms with Gasteiger partial charge in [-0.15, -0.1) is 9.05 Å². The summed E-state index contributed by atoms with van der Waals surface area (Å²) in [5.41, 5.74) is 6.74. The Morgan fingerprint density at radius 1 is 1.46 bits per heavy atom. The number of aliphatic hydroxyl groups excluding tert-OH is 1. The first-order valence-corrected chi connectivity index (χ1v) is 19.3. The largest absolute Gasteiger partial charge is 0.522 e. The third-order valence-corrected chi connectivity index (χ3v) is 15.1. The van der Waals surface area contributed by atoms with E-state index in [0.717, 1.165) is 24.8 Å². The molecule has 11 nitrogen and oxygen atoms in total. The van der Waals surface area contributed by atoms with Crippen molar-refractivity contribution in [1.82, 2.24) is 19.5 Å². The number of nitrogens with zero attached hydrogens (tertiary/aromatic N) is 3. The van der Waals surface area contributed by atoms with Crippen LogP contribution >= 0.6 is 19.8 Å². The number of rotatable bonds is 9. The minimum atomic E-state index is -2.35. The average Bonchev–Trinajstić information content (AvgIpc) is 3.39. The van der Waals surface area contributed by atoms with Crippen molar-refractivity contribution in [2.45, 2.75) is 107 Å². The third-order valence-electron chi connectivity index (χ3n) is 8.72. The molecule has 41 heavy (non-hydrogen) atoms. The highest BCUT2D eigenvalue weighted by molar-refractivity contribution is 8.00. The highest BCUT2D eigenvalue weighted by atomic mass is 32.4. The topological polar surface area (TPSA) is 147 Å². The molecule has 3 heterocycles. The lowest BCUT2D eigenvalue weighted by atomic mass is 9.77. The van der Waals surface area contributed by atoms with Crippen molar-refractivity contribution in [3.8, 4) is 0 Å². The standard InChI is InChI=1S/C26H42N5O6PS2Si/c1-14(2)15-9-10-26(6,39)17(11-15)36-38(40)34-12-16-20(37-41(7,8)25(3,4)5)19(32)23(35-16)31-13-28-18-21(31)29-24(27)30-22(18)33/h13,15-17,19-20,23,32H,1,9-12H2,2-8H3,(H3-,27,29,30,33,39)/p+1/t15-,16-,17+,19-,20?,23-,26+/m1/s1. The summed E-state index contributed by atoms with van der Waals surface area (Å²) >= 11 is 10.5. The van der Waals surface area contributed by atoms with Crippen molar-refractivity contribution in [3.05, 3.63) is 28.8 Å². The fraction of sp³-hybridized carbons (Fsp3) is 0.731. The predicted octanol–water partition coefficient (Wildman–Crippen LogP) is 4.59. The van der Waals surface area contributed by atoms with Crippen LogP contribution in [0.3, 0.4) is 0 Å². The Hall–Kier alpha value is -1.22. The molecule has 15 heteroatoms. The molecule has 8 atom stereocenters. The zero-order valence-electron chi connectivity index (χ0n) is 24.8. The van der Waals surface area contributed by atoms with Crippen molar-refractivity contribution in [3.63, 3.8) is 0 Å². The molecule has 0 bridgehead atoms. The van der Waals surface area contributed by atoms with E-state index in [9.17, 15) is 9.90 Å².